The summed E-state index contributed by atoms with van der Waals surface area (Å²) < 4.78 is 0. The van der Waals surface area contributed by atoms with Crippen LogP contribution >= 0.6 is 11.8 Å². The Balaban J connectivity index is 1.51. The number of pyridine rings is 2. The predicted octanol–water partition coefficient (Wildman–Crippen LogP) is 3.83. The Morgan fingerprint density at radius 3 is 2.58 bits per heavy atom. The average Bonchev–Trinajstić information content (AvgIpc) is 3.00. The zero-order valence-electron chi connectivity index (χ0n) is 16.3. The fourth-order valence-corrected chi connectivity index (χ4v) is 4.06. The molecule has 0 unspecified atom stereocenters. The van der Waals surface area contributed by atoms with Gasteiger partial charge in [0.15, 0.2) is 5.82 Å². The number of fused-ring (bicyclic) bond motifs is 2. The Bertz CT molecular complexity index is 1280. The second-order valence-corrected chi connectivity index (χ2v) is 7.76. The van der Waals surface area contributed by atoms with Crippen LogP contribution in [0.3, 0.4) is 0 Å². The van der Waals surface area contributed by atoms with Crippen LogP contribution in [-0.2, 0) is 6.54 Å². The molecule has 3 aromatic heterocycles. The summed E-state index contributed by atoms with van der Waals surface area (Å²) in [6, 6.07) is 15.5. The number of aliphatic imine (C=N–C) groups is 1. The Morgan fingerprint density at radius 1 is 0.935 bits per heavy atom. The van der Waals surface area contributed by atoms with Crippen molar-refractivity contribution in [3.63, 3.8) is 0 Å². The van der Waals surface area contributed by atoms with Crippen molar-refractivity contribution in [2.24, 2.45) is 4.99 Å². The zero-order chi connectivity index (χ0) is 21.0. The number of amides is 1. The van der Waals surface area contributed by atoms with E-state index in [1.165, 1.54) is 18.0 Å². The molecule has 8 heteroatoms. The minimum Gasteiger partial charge on any atom is -0.347 e. The van der Waals surface area contributed by atoms with Crippen molar-refractivity contribution in [1.82, 2.24) is 25.3 Å². The van der Waals surface area contributed by atoms with Gasteiger partial charge in [-0.2, -0.15) is 0 Å². The highest BCUT2D eigenvalue weighted by molar-refractivity contribution is 7.99. The van der Waals surface area contributed by atoms with Gasteiger partial charge >= 0.3 is 0 Å². The molecule has 4 aromatic rings. The van der Waals surface area contributed by atoms with E-state index in [1.807, 2.05) is 48.5 Å². The number of hydrogen-bond acceptors (Lipinski definition) is 7. The van der Waals surface area contributed by atoms with Gasteiger partial charge in [0.25, 0.3) is 5.91 Å². The molecular formula is C23H16N6OS. The first-order chi connectivity index (χ1) is 15.3. The topological polar surface area (TPSA) is 93.0 Å². The fourth-order valence-electron chi connectivity index (χ4n) is 3.14. The van der Waals surface area contributed by atoms with Crippen LogP contribution in [0.4, 0.5) is 5.82 Å². The summed E-state index contributed by atoms with van der Waals surface area (Å²) in [5.41, 5.74) is 3.71. The molecule has 0 fully saturated rings. The lowest BCUT2D eigenvalue weighted by molar-refractivity contribution is 0.0945. The van der Waals surface area contributed by atoms with E-state index < -0.39 is 0 Å². The van der Waals surface area contributed by atoms with Crippen molar-refractivity contribution in [1.29, 1.82) is 0 Å². The van der Waals surface area contributed by atoms with Crippen molar-refractivity contribution in [3.8, 4) is 0 Å². The van der Waals surface area contributed by atoms with Crippen LogP contribution in [0.25, 0.3) is 0 Å². The van der Waals surface area contributed by atoms with Gasteiger partial charge in [-0.3, -0.25) is 14.8 Å². The van der Waals surface area contributed by atoms with Crippen LogP contribution in [0.2, 0.25) is 0 Å². The van der Waals surface area contributed by atoms with Gasteiger partial charge in [0.2, 0.25) is 0 Å². The molecule has 0 saturated carbocycles. The third-order valence-electron chi connectivity index (χ3n) is 4.63. The maximum atomic E-state index is 12.7. The SMILES string of the molecule is O=C(NCc1cccnc1)c1cnc2c(n1)N=C(c1cccnc1)c1ccccc1S2. The molecular weight excluding hydrogens is 408 g/mol. The highest BCUT2D eigenvalue weighted by Crippen LogP contribution is 2.38. The second-order valence-electron chi connectivity index (χ2n) is 6.73. The molecule has 0 bridgehead atoms. The number of carbonyl (C=O) groups is 1. The minimum absolute atomic E-state index is 0.212. The van der Waals surface area contributed by atoms with Gasteiger partial charge in [-0.15, -0.1) is 0 Å². The minimum atomic E-state index is -0.316. The summed E-state index contributed by atoms with van der Waals surface area (Å²) in [7, 11) is 0. The molecule has 0 aliphatic carbocycles. The Kier molecular flexibility index (Phi) is 5.20. The van der Waals surface area contributed by atoms with Crippen LogP contribution in [0.5, 0.6) is 0 Å². The van der Waals surface area contributed by atoms with E-state index >= 15 is 0 Å². The molecule has 0 atom stereocenters. The summed E-state index contributed by atoms with van der Waals surface area (Å²) in [5, 5.41) is 3.50. The van der Waals surface area contributed by atoms with Crippen LogP contribution in [0, 0.1) is 0 Å². The van der Waals surface area contributed by atoms with Gasteiger partial charge < -0.3 is 5.32 Å². The quantitative estimate of drug-likeness (QED) is 0.471. The van der Waals surface area contributed by atoms with Crippen LogP contribution in [0.15, 0.2) is 94.4 Å². The molecule has 4 heterocycles. The predicted molar refractivity (Wildman–Crippen MR) is 118 cm³/mol. The standard InChI is InChI=1S/C23H16N6OS/c30-22(26-12-15-5-3-9-24-11-15)18-14-27-23-21(28-18)29-20(16-6-4-10-25-13-16)17-7-1-2-8-19(17)31-23/h1-11,13-14H,12H2,(H,26,30). The highest BCUT2D eigenvalue weighted by atomic mass is 32.2. The number of benzene rings is 1. The van der Waals surface area contributed by atoms with E-state index in [0.717, 1.165) is 27.3 Å². The molecule has 0 saturated heterocycles. The number of hydrogen-bond donors (Lipinski definition) is 1. The van der Waals surface area contributed by atoms with Gasteiger partial charge in [0.1, 0.15) is 10.7 Å². The molecule has 1 amide bonds. The summed E-state index contributed by atoms with van der Waals surface area (Å²) in [4.78, 5) is 35.8. The zero-order valence-corrected chi connectivity index (χ0v) is 17.1. The van der Waals surface area contributed by atoms with E-state index in [1.54, 1.807) is 24.8 Å². The van der Waals surface area contributed by atoms with Crippen LogP contribution < -0.4 is 5.32 Å². The van der Waals surface area contributed by atoms with Gasteiger partial charge in [0.05, 0.1) is 11.9 Å². The molecule has 7 nitrogen and oxygen atoms in total. The smallest absolute Gasteiger partial charge is 0.271 e. The van der Waals surface area contributed by atoms with E-state index in [2.05, 4.69) is 25.3 Å². The molecule has 5 rings (SSSR count). The van der Waals surface area contributed by atoms with Gasteiger partial charge in [0, 0.05) is 47.4 Å². The monoisotopic (exact) mass is 424 g/mol. The number of aromatic nitrogens is 4. The van der Waals surface area contributed by atoms with Crippen molar-refractivity contribution in [3.05, 3.63) is 102 Å². The maximum Gasteiger partial charge on any atom is 0.271 e. The largest absolute Gasteiger partial charge is 0.347 e. The average molecular weight is 424 g/mol. The van der Waals surface area contributed by atoms with E-state index in [0.29, 0.717) is 17.4 Å². The number of nitrogens with one attached hydrogen (secondary N) is 1. The highest BCUT2D eigenvalue weighted by Gasteiger charge is 2.22. The summed E-state index contributed by atoms with van der Waals surface area (Å²) >= 11 is 1.48. The third kappa shape index (κ3) is 4.06. The summed E-state index contributed by atoms with van der Waals surface area (Å²) in [6.07, 6.45) is 8.37. The van der Waals surface area contributed by atoms with Gasteiger partial charge in [-0.05, 0) is 29.8 Å². The first kappa shape index (κ1) is 19.1. The van der Waals surface area contributed by atoms with Crippen molar-refractivity contribution in [2.75, 3.05) is 0 Å². The Hall–Kier alpha value is -3.91. The number of rotatable bonds is 4. The third-order valence-corrected chi connectivity index (χ3v) is 5.69. The Labute approximate surface area is 182 Å². The Morgan fingerprint density at radius 2 is 1.77 bits per heavy atom. The lowest BCUT2D eigenvalue weighted by atomic mass is 10.0. The van der Waals surface area contributed by atoms with Gasteiger partial charge in [-0.1, -0.05) is 36.0 Å². The summed E-state index contributed by atoms with van der Waals surface area (Å²) in [5.74, 6) is 0.0955. The van der Waals surface area contributed by atoms with Crippen molar-refractivity contribution >= 4 is 29.2 Å². The van der Waals surface area contributed by atoms with Gasteiger partial charge in [-0.25, -0.2) is 15.0 Å². The lowest BCUT2D eigenvalue weighted by Gasteiger charge is -2.07. The molecule has 1 aromatic carbocycles. The normalized spacial score (nSPS) is 12.2. The van der Waals surface area contributed by atoms with Crippen molar-refractivity contribution in [2.45, 2.75) is 16.5 Å². The van der Waals surface area contributed by atoms with E-state index in [4.69, 9.17) is 4.99 Å². The first-order valence-corrected chi connectivity index (χ1v) is 10.4. The maximum absolute atomic E-state index is 12.7. The number of nitrogens with zero attached hydrogens (tertiary/aromatic N) is 5. The second kappa shape index (κ2) is 8.45. The van der Waals surface area contributed by atoms with Crippen LogP contribution in [0.1, 0.15) is 27.2 Å². The molecule has 150 valence electrons. The molecule has 0 radical (unpaired) electrons. The lowest BCUT2D eigenvalue weighted by Crippen LogP contribution is -2.24. The number of carbonyl (C=O) groups excluding carboxylic acids is 1. The van der Waals surface area contributed by atoms with Crippen LogP contribution in [-0.4, -0.2) is 31.6 Å². The molecule has 31 heavy (non-hydrogen) atoms. The fraction of sp³-hybridized carbons (Fsp3) is 0.0435. The molecule has 1 aliphatic heterocycles. The molecule has 0 spiro atoms. The van der Waals surface area contributed by atoms with Crippen molar-refractivity contribution < 1.29 is 4.79 Å². The first-order valence-electron chi connectivity index (χ1n) is 9.58. The van der Waals surface area contributed by atoms with E-state index in [9.17, 15) is 4.79 Å². The molecule has 1 N–H and O–H groups in total. The molecule has 1 aliphatic rings. The summed E-state index contributed by atoms with van der Waals surface area (Å²) in [6.45, 7) is 0.357. The van der Waals surface area contributed by atoms with E-state index in [-0.39, 0.29) is 11.6 Å².